The number of benzene rings is 1. The fraction of sp³-hybridized carbons (Fsp3) is 0.647. The Balaban J connectivity index is 2.14. The van der Waals surface area contributed by atoms with Crippen LogP contribution in [0.3, 0.4) is 0 Å². The van der Waals surface area contributed by atoms with Crippen LogP contribution in [0.5, 0.6) is 0 Å². The molecule has 1 fully saturated rings. The highest BCUT2D eigenvalue weighted by Gasteiger charge is 2.31. The second-order valence-electron chi connectivity index (χ2n) is 6.61. The van der Waals surface area contributed by atoms with E-state index in [1.165, 1.54) is 24.2 Å². The molecule has 21 heavy (non-hydrogen) atoms. The molecule has 1 saturated heterocycles. The molecule has 0 spiro atoms. The SMILES string of the molecule is Cc1cc(Br)cc(NC2(CN)CCCN(C(C)C)CC2)c1. The van der Waals surface area contributed by atoms with Gasteiger partial charge in [-0.05, 0) is 70.3 Å². The van der Waals surface area contributed by atoms with Crippen LogP contribution in [-0.2, 0) is 0 Å². The number of aryl methyl sites for hydroxylation is 1. The van der Waals surface area contributed by atoms with Gasteiger partial charge in [0.05, 0.1) is 5.54 Å². The zero-order valence-electron chi connectivity index (χ0n) is 13.5. The molecule has 118 valence electrons. The lowest BCUT2D eigenvalue weighted by Gasteiger charge is -2.34. The van der Waals surface area contributed by atoms with Crippen molar-refractivity contribution in [2.24, 2.45) is 5.73 Å². The van der Waals surface area contributed by atoms with Gasteiger partial charge in [-0.3, -0.25) is 0 Å². The van der Waals surface area contributed by atoms with Gasteiger partial charge in [0.1, 0.15) is 0 Å². The number of nitrogens with zero attached hydrogens (tertiary/aromatic N) is 1. The van der Waals surface area contributed by atoms with E-state index in [0.717, 1.165) is 23.9 Å². The number of anilines is 1. The molecule has 1 aromatic carbocycles. The van der Waals surface area contributed by atoms with Gasteiger partial charge in [0.25, 0.3) is 0 Å². The van der Waals surface area contributed by atoms with Gasteiger partial charge in [-0.25, -0.2) is 0 Å². The summed E-state index contributed by atoms with van der Waals surface area (Å²) in [5.74, 6) is 0. The van der Waals surface area contributed by atoms with Crippen molar-refractivity contribution < 1.29 is 0 Å². The van der Waals surface area contributed by atoms with Crippen molar-refractivity contribution in [2.45, 2.75) is 51.6 Å². The Labute approximate surface area is 137 Å². The minimum atomic E-state index is 0.0247. The molecule has 0 aromatic heterocycles. The molecule has 2 rings (SSSR count). The zero-order chi connectivity index (χ0) is 15.5. The summed E-state index contributed by atoms with van der Waals surface area (Å²) in [5, 5.41) is 3.74. The molecule has 1 unspecified atom stereocenters. The minimum absolute atomic E-state index is 0.0247. The monoisotopic (exact) mass is 353 g/mol. The van der Waals surface area contributed by atoms with Crippen LogP contribution in [0.2, 0.25) is 0 Å². The molecular weight excluding hydrogens is 326 g/mol. The van der Waals surface area contributed by atoms with Gasteiger partial charge in [0, 0.05) is 29.3 Å². The molecule has 0 amide bonds. The number of nitrogens with one attached hydrogen (secondary N) is 1. The fourth-order valence-corrected chi connectivity index (χ4v) is 3.83. The maximum Gasteiger partial charge on any atom is 0.0508 e. The Morgan fingerprint density at radius 1 is 1.29 bits per heavy atom. The third-order valence-electron chi connectivity index (χ3n) is 4.55. The molecule has 0 saturated carbocycles. The minimum Gasteiger partial charge on any atom is -0.378 e. The van der Waals surface area contributed by atoms with Crippen LogP contribution in [0.1, 0.15) is 38.7 Å². The number of nitrogens with two attached hydrogens (primary N) is 1. The second kappa shape index (κ2) is 7.12. The van der Waals surface area contributed by atoms with Crippen molar-refractivity contribution >= 4 is 21.6 Å². The number of likely N-dealkylation sites (tertiary alicyclic amines) is 1. The Hall–Kier alpha value is -0.580. The van der Waals surface area contributed by atoms with Gasteiger partial charge in [-0.2, -0.15) is 0 Å². The van der Waals surface area contributed by atoms with Crippen molar-refractivity contribution in [1.29, 1.82) is 0 Å². The first kappa shape index (κ1) is 16.8. The summed E-state index contributed by atoms with van der Waals surface area (Å²) >= 11 is 3.58. The smallest absolute Gasteiger partial charge is 0.0508 e. The lowest BCUT2D eigenvalue weighted by molar-refractivity contribution is 0.227. The zero-order valence-corrected chi connectivity index (χ0v) is 15.0. The van der Waals surface area contributed by atoms with Crippen LogP contribution in [0.25, 0.3) is 0 Å². The van der Waals surface area contributed by atoms with Crippen LogP contribution >= 0.6 is 15.9 Å². The fourth-order valence-electron chi connectivity index (χ4n) is 3.23. The number of halogens is 1. The summed E-state index contributed by atoms with van der Waals surface area (Å²) < 4.78 is 1.12. The molecule has 1 atom stereocenters. The first-order valence-corrected chi connectivity index (χ1v) is 8.73. The highest BCUT2D eigenvalue weighted by Crippen LogP contribution is 2.29. The summed E-state index contributed by atoms with van der Waals surface area (Å²) in [6.45, 7) is 9.66. The van der Waals surface area contributed by atoms with E-state index < -0.39 is 0 Å². The average Bonchev–Trinajstić information content (AvgIpc) is 2.61. The maximum absolute atomic E-state index is 6.16. The normalized spacial score (nSPS) is 24.1. The third kappa shape index (κ3) is 4.44. The van der Waals surface area contributed by atoms with E-state index in [9.17, 15) is 0 Å². The van der Waals surface area contributed by atoms with Gasteiger partial charge >= 0.3 is 0 Å². The van der Waals surface area contributed by atoms with Crippen LogP contribution < -0.4 is 11.1 Å². The molecular formula is C17H28BrN3. The number of hydrogen-bond donors (Lipinski definition) is 2. The largest absolute Gasteiger partial charge is 0.378 e. The van der Waals surface area contributed by atoms with E-state index in [0.29, 0.717) is 12.6 Å². The Morgan fingerprint density at radius 2 is 2.05 bits per heavy atom. The number of hydrogen-bond acceptors (Lipinski definition) is 3. The van der Waals surface area contributed by atoms with Gasteiger partial charge in [0.2, 0.25) is 0 Å². The lowest BCUT2D eigenvalue weighted by Crippen LogP contribution is -2.46. The van der Waals surface area contributed by atoms with Crippen LogP contribution in [-0.4, -0.2) is 36.1 Å². The van der Waals surface area contributed by atoms with E-state index in [-0.39, 0.29) is 5.54 Å². The maximum atomic E-state index is 6.16. The van der Waals surface area contributed by atoms with E-state index in [4.69, 9.17) is 5.73 Å². The van der Waals surface area contributed by atoms with Crippen molar-refractivity contribution in [2.75, 3.05) is 25.0 Å². The summed E-state index contributed by atoms with van der Waals surface area (Å²) in [6.07, 6.45) is 3.45. The summed E-state index contributed by atoms with van der Waals surface area (Å²) in [6, 6.07) is 7.10. The molecule has 1 aliphatic heterocycles. The average molecular weight is 354 g/mol. The first-order valence-electron chi connectivity index (χ1n) is 7.94. The molecule has 3 N–H and O–H groups in total. The van der Waals surface area contributed by atoms with Crippen molar-refractivity contribution in [3.63, 3.8) is 0 Å². The molecule has 3 nitrogen and oxygen atoms in total. The highest BCUT2D eigenvalue weighted by atomic mass is 79.9. The molecule has 0 radical (unpaired) electrons. The van der Waals surface area contributed by atoms with E-state index >= 15 is 0 Å². The van der Waals surface area contributed by atoms with E-state index in [2.05, 4.69) is 65.1 Å². The topological polar surface area (TPSA) is 41.3 Å². The Kier molecular flexibility index (Phi) is 5.69. The molecule has 0 bridgehead atoms. The Bertz CT molecular complexity index is 455. The predicted octanol–water partition coefficient (Wildman–Crippen LogP) is 3.76. The van der Waals surface area contributed by atoms with Gasteiger partial charge < -0.3 is 16.0 Å². The van der Waals surface area contributed by atoms with Crippen molar-refractivity contribution in [1.82, 2.24) is 4.90 Å². The summed E-state index contributed by atoms with van der Waals surface area (Å²) in [7, 11) is 0. The van der Waals surface area contributed by atoms with Crippen LogP contribution in [0.15, 0.2) is 22.7 Å². The Morgan fingerprint density at radius 3 is 2.67 bits per heavy atom. The summed E-state index contributed by atoms with van der Waals surface area (Å²) in [4.78, 5) is 2.56. The molecule has 4 heteroatoms. The standard InChI is InChI=1S/C17H28BrN3/c1-13(2)21-7-4-5-17(12-19,6-8-21)20-16-10-14(3)9-15(18)11-16/h9-11,13,20H,4-8,12,19H2,1-3H3. The first-order chi connectivity index (χ1) is 9.94. The summed E-state index contributed by atoms with van der Waals surface area (Å²) in [5.41, 5.74) is 8.62. The van der Waals surface area contributed by atoms with Gasteiger partial charge in [0.15, 0.2) is 0 Å². The quantitative estimate of drug-likeness (QED) is 0.865. The van der Waals surface area contributed by atoms with Crippen molar-refractivity contribution in [3.05, 3.63) is 28.2 Å². The molecule has 1 aliphatic rings. The molecule has 1 aromatic rings. The third-order valence-corrected chi connectivity index (χ3v) is 5.01. The van der Waals surface area contributed by atoms with E-state index in [1.54, 1.807) is 0 Å². The molecule has 1 heterocycles. The lowest BCUT2D eigenvalue weighted by atomic mass is 9.90. The van der Waals surface area contributed by atoms with Gasteiger partial charge in [-0.1, -0.05) is 15.9 Å². The predicted molar refractivity (Wildman–Crippen MR) is 94.8 cm³/mol. The van der Waals surface area contributed by atoms with Crippen molar-refractivity contribution in [3.8, 4) is 0 Å². The molecule has 0 aliphatic carbocycles. The number of rotatable bonds is 4. The second-order valence-corrected chi connectivity index (χ2v) is 7.53. The highest BCUT2D eigenvalue weighted by molar-refractivity contribution is 9.10. The van der Waals surface area contributed by atoms with Crippen LogP contribution in [0.4, 0.5) is 5.69 Å². The van der Waals surface area contributed by atoms with E-state index in [1.807, 2.05) is 0 Å². The van der Waals surface area contributed by atoms with Crippen LogP contribution in [0, 0.1) is 6.92 Å². The van der Waals surface area contributed by atoms with Gasteiger partial charge in [-0.15, -0.1) is 0 Å².